The van der Waals surface area contributed by atoms with Crippen molar-refractivity contribution in [1.82, 2.24) is 5.32 Å². The van der Waals surface area contributed by atoms with Crippen molar-refractivity contribution >= 4 is 66.3 Å². The molecule has 6 heterocycles. The van der Waals surface area contributed by atoms with Gasteiger partial charge in [0.15, 0.2) is 6.29 Å². The van der Waals surface area contributed by atoms with Crippen LogP contribution in [0.1, 0.15) is 133 Å². The van der Waals surface area contributed by atoms with E-state index in [1.807, 2.05) is 47.6 Å². The minimum Gasteiger partial charge on any atom is -0.682 e. The van der Waals surface area contributed by atoms with Gasteiger partial charge in [0.25, 0.3) is 0 Å². The van der Waals surface area contributed by atoms with Gasteiger partial charge in [-0.3, -0.25) is 57.6 Å². The normalized spacial score (nSPS) is 36.5. The second-order valence-corrected chi connectivity index (χ2v) is 25.3. The van der Waals surface area contributed by atoms with E-state index in [1.54, 1.807) is 13.8 Å². The summed E-state index contributed by atoms with van der Waals surface area (Å²) in [4.78, 5) is 120. The quantitative estimate of drug-likeness (QED) is 0.0570. The molecule has 15 atom stereocenters. The Hall–Kier alpha value is -5.22. The van der Waals surface area contributed by atoms with Crippen LogP contribution in [-0.2, 0) is 68.7 Å². The van der Waals surface area contributed by atoms with Gasteiger partial charge in [0, 0.05) is 125 Å². The number of ether oxygens (including phenoxy) is 1. The van der Waals surface area contributed by atoms with E-state index in [4.69, 9.17) is 68.5 Å². The zero-order valence-electron chi connectivity index (χ0n) is 47.4. The summed E-state index contributed by atoms with van der Waals surface area (Å²) in [5.41, 5.74) is 33.4. The van der Waals surface area contributed by atoms with Gasteiger partial charge in [-0.1, -0.05) is 40.7 Å². The average Bonchev–Trinajstić information content (AvgIpc) is 4.26. The number of nitrogens with zero attached hydrogens (tertiary/aromatic N) is 4. The van der Waals surface area contributed by atoms with E-state index in [2.05, 4.69) is 5.32 Å². The first-order valence-corrected chi connectivity index (χ1v) is 28.4. The molecule has 8 bridgehead atoms. The van der Waals surface area contributed by atoms with Crippen molar-refractivity contribution in [3.05, 3.63) is 39.6 Å². The molecule has 0 spiro atoms. The van der Waals surface area contributed by atoms with Crippen molar-refractivity contribution in [3.63, 3.8) is 0 Å². The maximum absolute atomic E-state index is 14.1. The number of amides is 7. The smallest absolute Gasteiger partial charge is 0.472 e. The summed E-state index contributed by atoms with van der Waals surface area (Å²) in [5.74, 6) is -7.37. The number of carbonyl (C=O) groups excluding carboxylic acids is 7. The number of carbonyl (C=O) groups is 7. The van der Waals surface area contributed by atoms with Gasteiger partial charge in [-0.05, 0) is 81.9 Å². The Morgan fingerprint density at radius 3 is 1.89 bits per heavy atom. The minimum atomic E-state index is -5.02. The first-order valence-electron chi connectivity index (χ1n) is 26.9. The molecule has 6 aliphatic rings. The van der Waals surface area contributed by atoms with Gasteiger partial charge >= 0.3 is 7.82 Å². The molecule has 0 aromatic rings. The molecule has 1 unspecified atom stereocenters. The zero-order valence-corrected chi connectivity index (χ0v) is 49.3. The molecule has 2 fully saturated rings. The third-order valence-electron chi connectivity index (χ3n) is 18.0. The Labute approximate surface area is 481 Å². The van der Waals surface area contributed by atoms with Crippen molar-refractivity contribution in [1.29, 1.82) is 0 Å². The fraction of sp³-hybridized carbons (Fsp3) is 0.698. The van der Waals surface area contributed by atoms with Crippen LogP contribution in [0.15, 0.2) is 49.3 Å². The van der Waals surface area contributed by atoms with Gasteiger partial charge in [-0.2, -0.15) is 5.70 Å². The summed E-state index contributed by atoms with van der Waals surface area (Å²) >= 11 is 0. The first-order chi connectivity index (χ1) is 37.0. The van der Waals surface area contributed by atoms with Gasteiger partial charge < -0.3 is 70.0 Å². The number of aliphatic hydroxyl groups excluding tert-OH is 3. The third kappa shape index (κ3) is 13.3. The fourth-order valence-electron chi connectivity index (χ4n) is 13.6. The Morgan fingerprint density at radius 2 is 1.35 bits per heavy atom. The molecule has 0 aliphatic carbocycles. The van der Waals surface area contributed by atoms with E-state index >= 15 is 0 Å². The molecule has 6 aliphatic heterocycles. The molecular weight excluding hydrogens is 1120 g/mol. The fourth-order valence-corrected chi connectivity index (χ4v) is 14.8. The van der Waals surface area contributed by atoms with Gasteiger partial charge in [0.1, 0.15) is 18.3 Å². The third-order valence-corrected chi connectivity index (χ3v) is 19.2. The number of nitrogens with two attached hydrogens (primary N) is 6. The molecule has 2 saturated heterocycles. The summed E-state index contributed by atoms with van der Waals surface area (Å²) in [6, 6.07) is -1.05. The number of hydrogen-bond acceptors (Lipinski definition) is 17. The summed E-state index contributed by atoms with van der Waals surface area (Å²) in [5, 5.41) is 38.0. The summed E-state index contributed by atoms with van der Waals surface area (Å²) in [6.07, 6.45) is -7.00. The molecular formula is C53H81CoN11O15P-. The van der Waals surface area contributed by atoms with Crippen LogP contribution in [0.4, 0.5) is 0 Å². The van der Waals surface area contributed by atoms with E-state index in [9.17, 15) is 58.3 Å². The molecule has 28 heteroatoms. The number of hydrogen-bond donors (Lipinski definition) is 11. The van der Waals surface area contributed by atoms with Crippen molar-refractivity contribution in [2.45, 2.75) is 175 Å². The Balaban J connectivity index is 0.0000120. The van der Waals surface area contributed by atoms with Gasteiger partial charge in [0.2, 0.25) is 41.4 Å². The number of rotatable bonds is 25. The summed E-state index contributed by atoms with van der Waals surface area (Å²) < 4.78 is 28.4. The van der Waals surface area contributed by atoms with Crippen LogP contribution in [0, 0.1) is 45.3 Å². The summed E-state index contributed by atoms with van der Waals surface area (Å²) in [6.45, 7) is 15.0. The molecule has 7 amide bonds. The van der Waals surface area contributed by atoms with Crippen LogP contribution in [0.3, 0.4) is 0 Å². The van der Waals surface area contributed by atoms with Crippen LogP contribution in [-0.4, -0.2) is 134 Å². The number of aliphatic imine (C=N–C) groups is 3. The molecule has 0 aromatic carbocycles. The van der Waals surface area contributed by atoms with Crippen molar-refractivity contribution in [2.24, 2.45) is 94.7 Å². The van der Waals surface area contributed by atoms with Crippen molar-refractivity contribution in [3.8, 4) is 0 Å². The van der Waals surface area contributed by atoms with Crippen LogP contribution in [0.5, 0.6) is 0 Å². The number of phosphoric ester groups is 1. The van der Waals surface area contributed by atoms with E-state index in [1.165, 1.54) is 6.92 Å². The number of aliphatic hydroxyl groups is 3. The van der Waals surface area contributed by atoms with Crippen LogP contribution >= 0.6 is 7.82 Å². The van der Waals surface area contributed by atoms with Gasteiger partial charge in [-0.15, -0.1) is 0 Å². The molecule has 26 nitrogen and oxygen atoms in total. The predicted molar refractivity (Wildman–Crippen MR) is 292 cm³/mol. The topological polar surface area (TPSA) is 464 Å². The average molecular weight is 1200 g/mol. The maximum Gasteiger partial charge on any atom is 0.472 e. The van der Waals surface area contributed by atoms with E-state index in [-0.39, 0.29) is 94.0 Å². The molecule has 1 radical (unpaired) electrons. The zero-order chi connectivity index (χ0) is 60.0. The molecule has 81 heavy (non-hydrogen) atoms. The van der Waals surface area contributed by atoms with E-state index in [0.717, 1.165) is 0 Å². The standard InChI is InChI=1S/C53H82N11O15P.Co/c1-24(78-80(75,76)79-44-32(23-65)77-48(74)43(44)73)22-60-40(72)16-17-50(6)30(18-37(57)69)47-53(9)52(8,21-39(59)71)29(12-15-36(56)68)42(64-53)26(3)46-51(7,20-38(58)70)27(10-13-34(54)66)31(61-46)19-33-49(4,5)28(11-14-35(55)67)41(62-33)25(2)45(50)63-47;/h19,24,27-30,32,43-44,47-48,65,73-74H,10-18,20-23H2,1-9H3,(H15,54,55,56,57,58,59,60,61,62,63,64,66,67,68,69,70,71,72,75,76);/p-1/t24-,27-,28-,29-,30+,32-,43-,44-,47-,48+,50-,51+,52+,53+;/m1./s1. The number of primary amides is 6. The number of allylic oxidation sites excluding steroid dienone is 6. The monoisotopic (exact) mass is 1200 g/mol. The Kier molecular flexibility index (Phi) is 20.5. The van der Waals surface area contributed by atoms with E-state index in [0.29, 0.717) is 45.4 Å². The van der Waals surface area contributed by atoms with Crippen LogP contribution in [0.25, 0.3) is 5.32 Å². The molecule has 453 valence electrons. The van der Waals surface area contributed by atoms with Crippen molar-refractivity contribution < 1.29 is 88.9 Å². The van der Waals surface area contributed by atoms with Crippen molar-refractivity contribution in [2.75, 3.05) is 13.2 Å². The SMILES string of the molecule is C/C1=C2/[N-][C@H]([C@H](CC(N)=O)[C@@]2(C)CCC(=O)NC[C@@H](C)OP(=O)(O)O[C@H]2[C@@H](O)[C@@H](O)O[C@@H]2CO)[C@]2(C)N=C(/C(C)=C3N=C(/C=C4N=C1[C@@H](CCC(N)=O)C\4(C)C)[C@@H](CCC(N)=O)[C@]\3(C)CC(N)=O)[C@@H](CCC(N)=O)[C@]2(C)CC(N)=O.[Co]. The van der Waals surface area contributed by atoms with Gasteiger partial charge in [0.05, 0.1) is 23.9 Å². The van der Waals surface area contributed by atoms with E-state index < -0.39 is 143 Å². The number of nitrogens with one attached hydrogen (secondary N) is 1. The number of fused-ring (bicyclic) bond motifs is 6. The van der Waals surface area contributed by atoms with Gasteiger partial charge in [-0.25, -0.2) is 4.57 Å². The summed E-state index contributed by atoms with van der Waals surface area (Å²) in [7, 11) is -5.02. The van der Waals surface area contributed by atoms with Crippen LogP contribution < -0.4 is 39.7 Å². The minimum absolute atomic E-state index is 0. The molecule has 17 N–H and O–H groups in total. The molecule has 0 aromatic heterocycles. The number of phosphoric acid groups is 1. The molecule has 6 rings (SSSR count). The second-order valence-electron chi connectivity index (χ2n) is 23.9. The Bertz CT molecular complexity index is 2800. The predicted octanol–water partition coefficient (Wildman–Crippen LogP) is 1.10. The largest absolute Gasteiger partial charge is 0.682 e. The van der Waals surface area contributed by atoms with Crippen LogP contribution in [0.2, 0.25) is 0 Å². The Morgan fingerprint density at radius 1 is 0.778 bits per heavy atom. The second kappa shape index (κ2) is 24.9. The maximum atomic E-state index is 14.1. The first kappa shape index (κ1) is 66.6. The molecule has 0 saturated carbocycles.